The minimum absolute atomic E-state index is 0.101. The number of nitrogens with one attached hydrogen (secondary N) is 1. The highest BCUT2D eigenvalue weighted by Crippen LogP contribution is 2.47. The Hall–Kier alpha value is -4.24. The monoisotopic (exact) mass is 529 g/mol. The standard InChI is InChI=1S/C29H27N3O5S/c1-3-36-28(34)25-26(19-9-5-4-6-10-19)31-29-32(27(25)20-11-7-12-22(15-20)35-2)21(18-38-29)16-24(33)30-17-23-13-8-14-37-23/h4-15,18,27H,3,16-17H2,1-2H3,(H,30,33). The van der Waals surface area contributed by atoms with Crippen LogP contribution in [0.4, 0.5) is 0 Å². The number of carbonyl (C=O) groups excluding carboxylic acids is 2. The van der Waals surface area contributed by atoms with Gasteiger partial charge in [-0.3, -0.25) is 4.79 Å². The van der Waals surface area contributed by atoms with Crippen molar-refractivity contribution in [2.45, 2.75) is 25.9 Å². The van der Waals surface area contributed by atoms with Gasteiger partial charge in [-0.15, -0.1) is 0 Å². The maximum Gasteiger partial charge on any atom is 0.338 e. The van der Waals surface area contributed by atoms with E-state index >= 15 is 0 Å². The third kappa shape index (κ3) is 5.24. The van der Waals surface area contributed by atoms with Crippen LogP contribution in [0.15, 0.2) is 99.1 Å². The van der Waals surface area contributed by atoms with Gasteiger partial charge in [0.05, 0.1) is 50.3 Å². The van der Waals surface area contributed by atoms with Gasteiger partial charge >= 0.3 is 5.97 Å². The molecule has 0 saturated carbocycles. The van der Waals surface area contributed by atoms with Crippen molar-refractivity contribution in [2.75, 3.05) is 13.7 Å². The summed E-state index contributed by atoms with van der Waals surface area (Å²) in [4.78, 5) is 33.3. The number of amidine groups is 1. The molecule has 9 heteroatoms. The summed E-state index contributed by atoms with van der Waals surface area (Å²) in [6.07, 6.45) is 1.67. The van der Waals surface area contributed by atoms with Gasteiger partial charge in [-0.2, -0.15) is 0 Å². The average Bonchev–Trinajstić information content (AvgIpc) is 3.62. The summed E-state index contributed by atoms with van der Waals surface area (Å²) in [5.41, 5.74) is 3.30. The lowest BCUT2D eigenvalue weighted by Gasteiger charge is -2.37. The smallest absolute Gasteiger partial charge is 0.338 e. The molecule has 1 amide bonds. The van der Waals surface area contributed by atoms with E-state index in [1.807, 2.05) is 64.9 Å². The van der Waals surface area contributed by atoms with Gasteiger partial charge < -0.3 is 24.1 Å². The van der Waals surface area contributed by atoms with Crippen molar-refractivity contribution < 1.29 is 23.5 Å². The maximum absolute atomic E-state index is 13.5. The molecule has 0 aliphatic carbocycles. The first-order chi connectivity index (χ1) is 18.6. The number of fused-ring (bicyclic) bond motifs is 1. The summed E-state index contributed by atoms with van der Waals surface area (Å²) in [5.74, 6) is 0.696. The lowest BCUT2D eigenvalue weighted by molar-refractivity contribution is -0.139. The number of nitrogens with zero attached hydrogens (tertiary/aromatic N) is 2. The molecule has 1 atom stereocenters. The van der Waals surface area contributed by atoms with Gasteiger partial charge in [-0.1, -0.05) is 54.2 Å². The van der Waals surface area contributed by atoms with Crippen molar-refractivity contribution in [2.24, 2.45) is 4.99 Å². The first kappa shape index (κ1) is 25.4. The molecule has 2 aliphatic heterocycles. The second-order valence-corrected chi connectivity index (χ2v) is 9.39. The largest absolute Gasteiger partial charge is 0.497 e. The topological polar surface area (TPSA) is 93.4 Å². The molecule has 1 aromatic heterocycles. The molecule has 2 aliphatic rings. The van der Waals surface area contributed by atoms with Gasteiger partial charge in [0, 0.05) is 11.3 Å². The Bertz CT molecular complexity index is 1410. The predicted molar refractivity (Wildman–Crippen MR) is 146 cm³/mol. The van der Waals surface area contributed by atoms with E-state index in [-0.39, 0.29) is 18.9 Å². The van der Waals surface area contributed by atoms with Crippen molar-refractivity contribution in [1.82, 2.24) is 10.2 Å². The van der Waals surface area contributed by atoms with Crippen LogP contribution < -0.4 is 10.1 Å². The van der Waals surface area contributed by atoms with E-state index in [2.05, 4.69) is 5.32 Å². The number of thioether (sulfide) groups is 1. The molecule has 3 heterocycles. The van der Waals surface area contributed by atoms with Gasteiger partial charge in [0.25, 0.3) is 0 Å². The normalized spacial score (nSPS) is 16.5. The molecule has 0 bridgehead atoms. The highest BCUT2D eigenvalue weighted by atomic mass is 32.2. The van der Waals surface area contributed by atoms with Crippen LogP contribution in [-0.2, 0) is 20.9 Å². The number of aliphatic imine (C=N–C) groups is 1. The number of ether oxygens (including phenoxy) is 2. The van der Waals surface area contributed by atoms with Crippen molar-refractivity contribution in [1.29, 1.82) is 0 Å². The molecule has 1 unspecified atom stereocenters. The van der Waals surface area contributed by atoms with Crippen LogP contribution in [0, 0.1) is 0 Å². The Morgan fingerprint density at radius 2 is 1.95 bits per heavy atom. The first-order valence-electron chi connectivity index (χ1n) is 12.2. The Kier molecular flexibility index (Phi) is 7.65. The average molecular weight is 530 g/mol. The number of hydrogen-bond donors (Lipinski definition) is 1. The zero-order valence-corrected chi connectivity index (χ0v) is 21.9. The summed E-state index contributed by atoms with van der Waals surface area (Å²) in [5, 5.41) is 5.49. The van der Waals surface area contributed by atoms with Crippen molar-refractivity contribution in [3.63, 3.8) is 0 Å². The summed E-state index contributed by atoms with van der Waals surface area (Å²) in [6.45, 7) is 2.29. The molecule has 2 aromatic carbocycles. The molecule has 8 nitrogen and oxygen atoms in total. The molecular weight excluding hydrogens is 502 g/mol. The first-order valence-corrected chi connectivity index (χ1v) is 13.1. The summed E-state index contributed by atoms with van der Waals surface area (Å²) >= 11 is 1.42. The second kappa shape index (κ2) is 11.4. The summed E-state index contributed by atoms with van der Waals surface area (Å²) in [6, 6.07) is 20.2. The molecule has 3 aromatic rings. The highest BCUT2D eigenvalue weighted by molar-refractivity contribution is 8.16. The minimum Gasteiger partial charge on any atom is -0.497 e. The van der Waals surface area contributed by atoms with Crippen LogP contribution in [0.2, 0.25) is 0 Å². The van der Waals surface area contributed by atoms with E-state index in [0.29, 0.717) is 34.5 Å². The second-order valence-electron chi connectivity index (χ2n) is 8.55. The van der Waals surface area contributed by atoms with E-state index in [1.165, 1.54) is 11.8 Å². The number of carbonyl (C=O) groups is 2. The number of furan rings is 1. The fraction of sp³-hybridized carbons (Fsp3) is 0.207. The van der Waals surface area contributed by atoms with E-state index in [1.54, 1.807) is 32.4 Å². The number of rotatable bonds is 9. The Morgan fingerprint density at radius 3 is 2.68 bits per heavy atom. The molecule has 194 valence electrons. The summed E-state index contributed by atoms with van der Waals surface area (Å²) < 4.78 is 16.4. The zero-order chi connectivity index (χ0) is 26.5. The number of hydrogen-bond acceptors (Lipinski definition) is 8. The Balaban J connectivity index is 1.56. The molecular formula is C29H27N3O5S. The van der Waals surface area contributed by atoms with Crippen LogP contribution in [0.25, 0.3) is 5.70 Å². The lowest BCUT2D eigenvalue weighted by Crippen LogP contribution is -2.38. The van der Waals surface area contributed by atoms with Gasteiger partial charge in [0.15, 0.2) is 5.17 Å². The van der Waals surface area contributed by atoms with Crippen LogP contribution >= 0.6 is 11.8 Å². The molecule has 38 heavy (non-hydrogen) atoms. The van der Waals surface area contributed by atoms with Crippen molar-refractivity contribution >= 4 is 34.5 Å². The number of methoxy groups -OCH3 is 1. The molecule has 5 rings (SSSR count). The van der Waals surface area contributed by atoms with E-state index in [4.69, 9.17) is 18.9 Å². The third-order valence-corrected chi connectivity index (χ3v) is 7.03. The maximum atomic E-state index is 13.5. The summed E-state index contributed by atoms with van der Waals surface area (Å²) in [7, 11) is 1.60. The third-order valence-electron chi connectivity index (χ3n) is 6.14. The van der Waals surface area contributed by atoms with E-state index in [0.717, 1.165) is 16.8 Å². The van der Waals surface area contributed by atoms with Gasteiger partial charge in [-0.25, -0.2) is 9.79 Å². The SMILES string of the molecule is CCOC(=O)C1=C(c2ccccc2)N=C2SC=C(CC(=O)NCc3ccco3)N2C1c1cccc(OC)c1. The molecule has 0 saturated heterocycles. The fourth-order valence-electron chi connectivity index (χ4n) is 4.44. The Morgan fingerprint density at radius 1 is 1.11 bits per heavy atom. The van der Waals surface area contributed by atoms with Crippen LogP contribution in [-0.4, -0.2) is 35.7 Å². The molecule has 0 fully saturated rings. The molecule has 0 radical (unpaired) electrons. The Labute approximate surface area is 225 Å². The minimum atomic E-state index is -0.578. The van der Waals surface area contributed by atoms with E-state index < -0.39 is 12.0 Å². The zero-order valence-electron chi connectivity index (χ0n) is 21.0. The molecule has 1 N–H and O–H groups in total. The van der Waals surface area contributed by atoms with Crippen LogP contribution in [0.1, 0.15) is 36.3 Å². The van der Waals surface area contributed by atoms with Gasteiger partial charge in [0.2, 0.25) is 5.91 Å². The highest BCUT2D eigenvalue weighted by Gasteiger charge is 2.42. The van der Waals surface area contributed by atoms with Crippen LogP contribution in [0.3, 0.4) is 0 Å². The number of benzene rings is 2. The van der Waals surface area contributed by atoms with Crippen molar-refractivity contribution in [3.8, 4) is 5.75 Å². The number of esters is 1. The quantitative estimate of drug-likeness (QED) is 0.378. The van der Waals surface area contributed by atoms with Crippen molar-refractivity contribution in [3.05, 3.63) is 107 Å². The predicted octanol–water partition coefficient (Wildman–Crippen LogP) is 5.27. The van der Waals surface area contributed by atoms with Gasteiger partial charge in [-0.05, 0) is 42.2 Å². The van der Waals surface area contributed by atoms with E-state index in [9.17, 15) is 9.59 Å². The number of amides is 1. The molecule has 0 spiro atoms. The van der Waals surface area contributed by atoms with Crippen LogP contribution in [0.5, 0.6) is 5.75 Å². The lowest BCUT2D eigenvalue weighted by atomic mass is 9.91. The fourth-order valence-corrected chi connectivity index (χ4v) is 5.36. The van der Waals surface area contributed by atoms with Gasteiger partial charge in [0.1, 0.15) is 11.5 Å².